The second-order valence-corrected chi connectivity index (χ2v) is 5.15. The molecule has 2 aromatic rings. The Morgan fingerprint density at radius 3 is 2.35 bits per heavy atom. The predicted octanol–water partition coefficient (Wildman–Crippen LogP) is 3.22. The number of amides is 2. The molecular formula is C15H10Cl2FN3O2. The topological polar surface area (TPSA) is 70.6 Å². The van der Waals surface area contributed by atoms with Crippen molar-refractivity contribution in [3.05, 3.63) is 63.9 Å². The van der Waals surface area contributed by atoms with Gasteiger partial charge in [-0.05, 0) is 35.9 Å². The first-order valence-corrected chi connectivity index (χ1v) is 7.06. The lowest BCUT2D eigenvalue weighted by Gasteiger charge is -2.05. The molecule has 0 bridgehead atoms. The van der Waals surface area contributed by atoms with Gasteiger partial charge >= 0.3 is 11.8 Å². The average molecular weight is 354 g/mol. The third-order valence-corrected chi connectivity index (χ3v) is 3.37. The highest BCUT2D eigenvalue weighted by molar-refractivity contribution is 6.42. The number of benzene rings is 2. The maximum atomic E-state index is 12.7. The van der Waals surface area contributed by atoms with E-state index in [0.29, 0.717) is 16.3 Å². The van der Waals surface area contributed by atoms with Gasteiger partial charge in [0.1, 0.15) is 5.82 Å². The highest BCUT2D eigenvalue weighted by Crippen LogP contribution is 2.24. The second-order valence-electron chi connectivity index (χ2n) is 4.33. The lowest BCUT2D eigenvalue weighted by molar-refractivity contribution is -0.136. The summed E-state index contributed by atoms with van der Waals surface area (Å²) in [5.74, 6) is -2.26. The van der Waals surface area contributed by atoms with Gasteiger partial charge in [0.05, 0.1) is 16.3 Å². The Hall–Kier alpha value is -2.44. The third kappa shape index (κ3) is 5.05. The van der Waals surface area contributed by atoms with E-state index in [1.807, 2.05) is 0 Å². The number of carbonyl (C=O) groups is 2. The van der Waals surface area contributed by atoms with Crippen LogP contribution in [0.25, 0.3) is 0 Å². The molecule has 0 radical (unpaired) electrons. The fourth-order valence-electron chi connectivity index (χ4n) is 1.53. The SMILES string of the molecule is O=C(NN=Cc1ccc(F)cc1)C(=O)Nc1ccc(Cl)c(Cl)c1. The molecule has 0 aliphatic heterocycles. The fourth-order valence-corrected chi connectivity index (χ4v) is 1.82. The Morgan fingerprint density at radius 2 is 1.70 bits per heavy atom. The van der Waals surface area contributed by atoms with E-state index in [1.165, 1.54) is 48.7 Å². The van der Waals surface area contributed by atoms with Crippen LogP contribution in [-0.4, -0.2) is 18.0 Å². The first-order chi connectivity index (χ1) is 11.0. The van der Waals surface area contributed by atoms with Crippen molar-refractivity contribution in [3.8, 4) is 0 Å². The molecule has 5 nitrogen and oxygen atoms in total. The minimum atomic E-state index is -0.963. The molecule has 0 aromatic heterocycles. The van der Waals surface area contributed by atoms with E-state index >= 15 is 0 Å². The quantitative estimate of drug-likeness (QED) is 0.505. The molecule has 0 atom stereocenters. The number of rotatable bonds is 3. The molecule has 0 heterocycles. The molecule has 23 heavy (non-hydrogen) atoms. The number of nitrogens with zero attached hydrogens (tertiary/aromatic N) is 1. The van der Waals surface area contributed by atoms with E-state index < -0.39 is 11.8 Å². The number of nitrogens with one attached hydrogen (secondary N) is 2. The van der Waals surface area contributed by atoms with Crippen LogP contribution < -0.4 is 10.7 Å². The van der Waals surface area contributed by atoms with Crippen LogP contribution in [0.15, 0.2) is 47.6 Å². The van der Waals surface area contributed by atoms with Crippen LogP contribution >= 0.6 is 23.2 Å². The first-order valence-electron chi connectivity index (χ1n) is 6.31. The lowest BCUT2D eigenvalue weighted by Crippen LogP contribution is -2.32. The number of carbonyl (C=O) groups excluding carboxylic acids is 2. The van der Waals surface area contributed by atoms with E-state index in [0.717, 1.165) is 0 Å². The van der Waals surface area contributed by atoms with E-state index in [4.69, 9.17) is 23.2 Å². The Bertz CT molecular complexity index is 764. The molecule has 0 aliphatic carbocycles. The number of halogens is 3. The van der Waals surface area contributed by atoms with Crippen molar-refractivity contribution >= 4 is 46.9 Å². The van der Waals surface area contributed by atoms with Crippen LogP contribution in [0.5, 0.6) is 0 Å². The van der Waals surface area contributed by atoms with Crippen LogP contribution in [0.2, 0.25) is 10.0 Å². The summed E-state index contributed by atoms with van der Waals surface area (Å²) < 4.78 is 12.7. The van der Waals surface area contributed by atoms with E-state index in [-0.39, 0.29) is 10.8 Å². The molecule has 2 amide bonds. The summed E-state index contributed by atoms with van der Waals surface area (Å²) in [6.45, 7) is 0. The highest BCUT2D eigenvalue weighted by Gasteiger charge is 2.13. The Kier molecular flexibility index (Phi) is 5.67. The van der Waals surface area contributed by atoms with Crippen LogP contribution in [0.3, 0.4) is 0 Å². The molecule has 0 spiro atoms. The molecule has 2 aromatic carbocycles. The Balaban J connectivity index is 1.90. The van der Waals surface area contributed by atoms with Gasteiger partial charge in [0, 0.05) is 5.69 Å². The van der Waals surface area contributed by atoms with E-state index in [9.17, 15) is 14.0 Å². The zero-order valence-electron chi connectivity index (χ0n) is 11.5. The monoisotopic (exact) mass is 353 g/mol. The van der Waals surface area contributed by atoms with Crippen molar-refractivity contribution in [1.82, 2.24) is 5.43 Å². The molecular weight excluding hydrogens is 344 g/mol. The Morgan fingerprint density at radius 1 is 1.00 bits per heavy atom. The molecule has 0 saturated carbocycles. The van der Waals surface area contributed by atoms with Crippen molar-refractivity contribution < 1.29 is 14.0 Å². The highest BCUT2D eigenvalue weighted by atomic mass is 35.5. The van der Waals surface area contributed by atoms with Crippen LogP contribution in [-0.2, 0) is 9.59 Å². The molecule has 0 fully saturated rings. The van der Waals surface area contributed by atoms with E-state index in [1.54, 1.807) is 0 Å². The standard InChI is InChI=1S/C15H10Cl2FN3O2/c16-12-6-5-11(7-13(12)17)20-14(22)15(23)21-19-8-9-1-3-10(18)4-2-9/h1-8H,(H,20,22)(H,21,23). The summed E-state index contributed by atoms with van der Waals surface area (Å²) in [7, 11) is 0. The largest absolute Gasteiger partial charge is 0.329 e. The number of hydrogen-bond donors (Lipinski definition) is 2. The van der Waals surface area contributed by atoms with Crippen LogP contribution in [0, 0.1) is 5.82 Å². The zero-order chi connectivity index (χ0) is 16.8. The van der Waals surface area contributed by atoms with Gasteiger partial charge in [0.15, 0.2) is 0 Å². The first kappa shape index (κ1) is 16.9. The van der Waals surface area contributed by atoms with Crippen molar-refractivity contribution in [2.75, 3.05) is 5.32 Å². The molecule has 0 aliphatic rings. The Labute approximate surface area is 141 Å². The van der Waals surface area contributed by atoms with Gasteiger partial charge in [0.2, 0.25) is 0 Å². The molecule has 8 heteroatoms. The smallest absolute Gasteiger partial charge is 0.318 e. The van der Waals surface area contributed by atoms with Gasteiger partial charge in [-0.15, -0.1) is 0 Å². The molecule has 0 unspecified atom stereocenters. The lowest BCUT2D eigenvalue weighted by atomic mass is 10.2. The van der Waals surface area contributed by atoms with Crippen molar-refractivity contribution in [3.63, 3.8) is 0 Å². The molecule has 118 valence electrons. The summed E-state index contributed by atoms with van der Waals surface area (Å²) in [5.41, 5.74) is 2.95. The van der Waals surface area contributed by atoms with Gasteiger partial charge in [-0.3, -0.25) is 9.59 Å². The molecule has 0 saturated heterocycles. The predicted molar refractivity (Wildman–Crippen MR) is 87.2 cm³/mol. The van der Waals surface area contributed by atoms with Crippen LogP contribution in [0.1, 0.15) is 5.56 Å². The maximum Gasteiger partial charge on any atom is 0.329 e. The van der Waals surface area contributed by atoms with Gasteiger partial charge in [-0.25, -0.2) is 9.82 Å². The maximum absolute atomic E-state index is 12.7. The minimum absolute atomic E-state index is 0.249. The van der Waals surface area contributed by atoms with Crippen molar-refractivity contribution in [2.45, 2.75) is 0 Å². The fraction of sp³-hybridized carbons (Fsp3) is 0. The zero-order valence-corrected chi connectivity index (χ0v) is 13.0. The van der Waals surface area contributed by atoms with E-state index in [2.05, 4.69) is 15.8 Å². The van der Waals surface area contributed by atoms with Gasteiger partial charge in [-0.2, -0.15) is 5.10 Å². The number of anilines is 1. The third-order valence-electron chi connectivity index (χ3n) is 2.63. The summed E-state index contributed by atoms with van der Waals surface area (Å²) in [4.78, 5) is 23.3. The van der Waals surface area contributed by atoms with Gasteiger partial charge < -0.3 is 5.32 Å². The normalized spacial score (nSPS) is 10.6. The van der Waals surface area contributed by atoms with Crippen molar-refractivity contribution in [2.24, 2.45) is 5.10 Å². The van der Waals surface area contributed by atoms with Gasteiger partial charge in [-0.1, -0.05) is 35.3 Å². The van der Waals surface area contributed by atoms with Crippen molar-refractivity contribution in [1.29, 1.82) is 0 Å². The van der Waals surface area contributed by atoms with Gasteiger partial charge in [0.25, 0.3) is 0 Å². The summed E-state index contributed by atoms with van der Waals surface area (Å²) in [5, 5.41) is 6.54. The molecule has 2 rings (SSSR count). The minimum Gasteiger partial charge on any atom is -0.318 e. The second kappa shape index (κ2) is 7.71. The van der Waals surface area contributed by atoms with Crippen LogP contribution in [0.4, 0.5) is 10.1 Å². The summed E-state index contributed by atoms with van der Waals surface area (Å²) in [6, 6.07) is 9.85. The molecule has 2 N–H and O–H groups in total. The summed E-state index contributed by atoms with van der Waals surface area (Å²) >= 11 is 11.6. The average Bonchev–Trinajstić information content (AvgIpc) is 2.52. The number of hydrazone groups is 1. The number of hydrogen-bond acceptors (Lipinski definition) is 3. The summed E-state index contributed by atoms with van der Waals surface area (Å²) in [6.07, 6.45) is 1.28.